The van der Waals surface area contributed by atoms with E-state index in [9.17, 15) is 4.79 Å². The summed E-state index contributed by atoms with van der Waals surface area (Å²) in [5.41, 5.74) is 1.92. The van der Waals surface area contributed by atoms with Crippen molar-refractivity contribution in [1.29, 1.82) is 5.41 Å². The van der Waals surface area contributed by atoms with Gasteiger partial charge in [-0.1, -0.05) is 31.6 Å². The molecule has 1 aliphatic heterocycles. The van der Waals surface area contributed by atoms with E-state index in [-0.39, 0.29) is 5.91 Å². The number of rotatable bonds is 13. The van der Waals surface area contributed by atoms with Crippen molar-refractivity contribution in [1.82, 2.24) is 34.5 Å². The number of likely N-dealkylation sites (tertiary alicyclic amines) is 1. The average molecular weight is 563 g/mol. The van der Waals surface area contributed by atoms with Crippen LogP contribution in [0.5, 0.6) is 0 Å². The molecule has 0 saturated carbocycles. The van der Waals surface area contributed by atoms with Crippen LogP contribution in [0.15, 0.2) is 48.2 Å². The Kier molecular flexibility index (Phi) is 14.3. The first-order valence-corrected chi connectivity index (χ1v) is 14.5. The predicted molar refractivity (Wildman–Crippen MR) is 171 cm³/mol. The number of nitrogens with zero attached hydrogens (tertiary/aromatic N) is 6. The van der Waals surface area contributed by atoms with Gasteiger partial charge in [0, 0.05) is 63.5 Å². The van der Waals surface area contributed by atoms with Gasteiger partial charge in [-0.2, -0.15) is 0 Å². The number of piperidine rings is 1. The zero-order valence-electron chi connectivity index (χ0n) is 26.2. The van der Waals surface area contributed by atoms with Crippen molar-refractivity contribution in [3.05, 3.63) is 59.7 Å². The summed E-state index contributed by atoms with van der Waals surface area (Å²) in [5.74, 6) is 7.35. The fourth-order valence-corrected chi connectivity index (χ4v) is 4.58. The van der Waals surface area contributed by atoms with Crippen LogP contribution in [0.2, 0.25) is 0 Å². The second-order valence-electron chi connectivity index (χ2n) is 10.8. The number of amidine groups is 1. The maximum absolute atomic E-state index is 12.5. The highest BCUT2D eigenvalue weighted by molar-refractivity contribution is 5.96. The zero-order valence-corrected chi connectivity index (χ0v) is 26.2. The number of nitrogens with one attached hydrogen (secondary N) is 2. The van der Waals surface area contributed by atoms with Crippen LogP contribution < -0.4 is 5.32 Å². The van der Waals surface area contributed by atoms with E-state index in [1.807, 2.05) is 49.7 Å². The normalized spacial score (nSPS) is 15.1. The summed E-state index contributed by atoms with van der Waals surface area (Å²) < 4.78 is 1.90. The Morgan fingerprint density at radius 2 is 1.88 bits per heavy atom. The van der Waals surface area contributed by atoms with Gasteiger partial charge < -0.3 is 24.6 Å². The average Bonchev–Trinajstić information content (AvgIpc) is 3.30. The fourth-order valence-electron chi connectivity index (χ4n) is 4.58. The van der Waals surface area contributed by atoms with Gasteiger partial charge in [-0.3, -0.25) is 15.1 Å². The van der Waals surface area contributed by atoms with Gasteiger partial charge in [0.25, 0.3) is 5.91 Å². The summed E-state index contributed by atoms with van der Waals surface area (Å²) in [5, 5.41) is 11.5. The second kappa shape index (κ2) is 17.4. The third-order valence-electron chi connectivity index (χ3n) is 7.26. The zero-order chi connectivity index (χ0) is 30.4. The number of carbonyl (C=O) groups is 1. The number of hydrogen-bond donors (Lipinski definition) is 2. The number of carbonyl (C=O) groups excluding carboxylic acids is 1. The molecule has 2 N–H and O–H groups in total. The third kappa shape index (κ3) is 11.2. The van der Waals surface area contributed by atoms with Gasteiger partial charge in [0.2, 0.25) is 0 Å². The molecule has 0 unspecified atom stereocenters. The molecule has 1 aromatic heterocycles. The van der Waals surface area contributed by atoms with E-state index in [0.29, 0.717) is 29.6 Å². The lowest BCUT2D eigenvalue weighted by Crippen LogP contribution is -2.47. The Bertz CT molecular complexity index is 1170. The molecular weight excluding hydrogens is 512 g/mol. The van der Waals surface area contributed by atoms with Crippen molar-refractivity contribution in [2.45, 2.75) is 32.7 Å². The van der Waals surface area contributed by atoms with Gasteiger partial charge in [-0.15, -0.1) is 0 Å². The van der Waals surface area contributed by atoms with Crippen LogP contribution in [-0.2, 0) is 11.8 Å². The molecule has 0 aliphatic carbocycles. The van der Waals surface area contributed by atoms with E-state index >= 15 is 0 Å². The molecule has 0 aromatic carbocycles. The molecule has 1 fully saturated rings. The maximum atomic E-state index is 12.5. The maximum Gasteiger partial charge on any atom is 0.251 e. The Morgan fingerprint density at radius 3 is 2.46 bits per heavy atom. The van der Waals surface area contributed by atoms with Crippen LogP contribution in [0.1, 0.15) is 38.2 Å². The molecule has 0 spiro atoms. The van der Waals surface area contributed by atoms with Gasteiger partial charge in [0.15, 0.2) is 0 Å². The van der Waals surface area contributed by atoms with E-state index in [4.69, 9.17) is 5.41 Å². The molecule has 1 aliphatic rings. The van der Waals surface area contributed by atoms with Gasteiger partial charge >= 0.3 is 0 Å². The van der Waals surface area contributed by atoms with Crippen LogP contribution in [0, 0.1) is 17.3 Å². The Labute approximate surface area is 247 Å². The highest BCUT2D eigenvalue weighted by atomic mass is 16.1. The highest BCUT2D eigenvalue weighted by Crippen LogP contribution is 2.17. The molecule has 9 heteroatoms. The SMILES string of the molecule is C=C/C(C#Cc1cnc(/C=C\C(=N)N2CCC(N(CC)CCN(C)C)CC2)n1C)=C\C(=C/C)C(=O)NCCN(C)C. The number of likely N-dealkylation sites (N-methyl/N-ethyl adjacent to an activating group) is 3. The number of aromatic nitrogens is 2. The first kappa shape index (κ1) is 33.8. The molecular formula is C32H50N8O. The van der Waals surface area contributed by atoms with Gasteiger partial charge in [-0.05, 0) is 78.6 Å². The smallest absolute Gasteiger partial charge is 0.251 e. The predicted octanol–water partition coefficient (Wildman–Crippen LogP) is 2.85. The summed E-state index contributed by atoms with van der Waals surface area (Å²) >= 11 is 0. The van der Waals surface area contributed by atoms with Crippen molar-refractivity contribution < 1.29 is 4.79 Å². The number of allylic oxidation sites excluding steroid dienone is 3. The molecule has 41 heavy (non-hydrogen) atoms. The summed E-state index contributed by atoms with van der Waals surface area (Å²) in [7, 11) is 10.1. The third-order valence-corrected chi connectivity index (χ3v) is 7.26. The Hall–Kier alpha value is -3.45. The van der Waals surface area contributed by atoms with Crippen LogP contribution in [0.25, 0.3) is 6.08 Å². The van der Waals surface area contributed by atoms with Gasteiger partial charge in [-0.25, -0.2) is 4.98 Å². The minimum atomic E-state index is -0.137. The largest absolute Gasteiger partial charge is 0.357 e. The quantitative estimate of drug-likeness (QED) is 0.127. The molecule has 0 bridgehead atoms. The molecule has 1 saturated heterocycles. The molecule has 9 nitrogen and oxygen atoms in total. The molecule has 1 amide bonds. The second-order valence-corrected chi connectivity index (χ2v) is 10.8. The Morgan fingerprint density at radius 1 is 1.20 bits per heavy atom. The van der Waals surface area contributed by atoms with E-state index in [1.54, 1.807) is 24.4 Å². The van der Waals surface area contributed by atoms with Gasteiger partial charge in [0.05, 0.1) is 6.20 Å². The van der Waals surface area contributed by atoms with E-state index in [0.717, 1.165) is 63.6 Å². The summed E-state index contributed by atoms with van der Waals surface area (Å²) in [6.07, 6.45) is 12.7. The van der Waals surface area contributed by atoms with Gasteiger partial charge in [0.1, 0.15) is 17.4 Å². The summed E-state index contributed by atoms with van der Waals surface area (Å²) in [6.45, 7) is 14.3. The first-order valence-electron chi connectivity index (χ1n) is 14.5. The number of hydrogen-bond acceptors (Lipinski definition) is 6. The molecule has 1 aromatic rings. The fraction of sp³-hybridized carbons (Fsp3) is 0.531. The van der Waals surface area contributed by atoms with Crippen LogP contribution in [0.3, 0.4) is 0 Å². The van der Waals surface area contributed by atoms with Crippen molar-refractivity contribution in [2.75, 3.05) is 74.0 Å². The standard InChI is InChI=1S/C32H50N8O/c1-9-26(24-27(10-2)32(41)34-18-21-36(4)5)12-13-29-25-35-31(38(29)8)15-14-30(33)40-19-16-28(17-20-40)39(11-3)23-22-37(6)7/h9-10,14-15,24-25,28,33H,1,11,16-23H2,2-8H3,(H,34,41)/b15-14-,26-24+,27-10+,33-30?. The van der Waals surface area contributed by atoms with Crippen molar-refractivity contribution in [3.63, 3.8) is 0 Å². The monoisotopic (exact) mass is 562 g/mol. The van der Waals surface area contributed by atoms with E-state index in [1.165, 1.54) is 0 Å². The minimum absolute atomic E-state index is 0.137. The number of amides is 1. The molecule has 2 rings (SSSR count). The van der Waals surface area contributed by atoms with E-state index in [2.05, 4.69) is 64.4 Å². The molecule has 224 valence electrons. The lowest BCUT2D eigenvalue weighted by molar-refractivity contribution is -0.117. The van der Waals surface area contributed by atoms with Crippen LogP contribution in [0.4, 0.5) is 0 Å². The highest BCUT2D eigenvalue weighted by Gasteiger charge is 2.24. The Balaban J connectivity index is 1.99. The number of imidazole rings is 1. The van der Waals surface area contributed by atoms with Crippen molar-refractivity contribution in [2.24, 2.45) is 7.05 Å². The van der Waals surface area contributed by atoms with Crippen molar-refractivity contribution in [3.8, 4) is 11.8 Å². The topological polar surface area (TPSA) is 83.7 Å². The molecule has 0 atom stereocenters. The first-order chi connectivity index (χ1) is 19.6. The van der Waals surface area contributed by atoms with Crippen molar-refractivity contribution >= 4 is 17.8 Å². The summed E-state index contributed by atoms with van der Waals surface area (Å²) in [6, 6.07) is 0.583. The van der Waals surface area contributed by atoms with Crippen LogP contribution in [-0.4, -0.2) is 121 Å². The summed E-state index contributed by atoms with van der Waals surface area (Å²) in [4.78, 5) is 26.0. The molecule has 2 heterocycles. The van der Waals surface area contributed by atoms with Crippen LogP contribution >= 0.6 is 0 Å². The molecule has 0 radical (unpaired) electrons. The minimum Gasteiger partial charge on any atom is -0.357 e. The van der Waals surface area contributed by atoms with E-state index < -0.39 is 0 Å². The lowest BCUT2D eigenvalue weighted by Gasteiger charge is -2.39. The lowest BCUT2D eigenvalue weighted by atomic mass is 10.0.